The molecule has 28 heavy (non-hydrogen) atoms. The molecule has 2 aliphatic rings. The second-order valence-corrected chi connectivity index (χ2v) is 7.14. The SMILES string of the molecule is O=C(/C=C/c1ccc(Cl)cc1)N[C@@H](CO)C1=CCC(F)C(N2CCOCC2)=C1. The van der Waals surface area contributed by atoms with E-state index < -0.39 is 12.2 Å². The highest BCUT2D eigenvalue weighted by molar-refractivity contribution is 6.30. The van der Waals surface area contributed by atoms with Crippen molar-refractivity contribution in [1.82, 2.24) is 10.2 Å². The number of nitrogens with one attached hydrogen (secondary N) is 1. The molecule has 1 saturated heterocycles. The summed E-state index contributed by atoms with van der Waals surface area (Å²) in [6.07, 6.45) is 5.69. The summed E-state index contributed by atoms with van der Waals surface area (Å²) >= 11 is 5.85. The maximum atomic E-state index is 14.4. The Morgan fingerprint density at radius 3 is 2.75 bits per heavy atom. The second-order valence-electron chi connectivity index (χ2n) is 6.70. The zero-order chi connectivity index (χ0) is 19.9. The molecule has 0 saturated carbocycles. The molecule has 0 aromatic heterocycles. The first kappa shape index (κ1) is 20.6. The second kappa shape index (κ2) is 9.87. The number of ether oxygens (including phenoxy) is 1. The molecule has 1 fully saturated rings. The van der Waals surface area contributed by atoms with Crippen LogP contribution in [0.5, 0.6) is 0 Å². The van der Waals surface area contributed by atoms with Crippen molar-refractivity contribution in [2.45, 2.75) is 18.6 Å². The van der Waals surface area contributed by atoms with Gasteiger partial charge < -0.3 is 20.1 Å². The number of rotatable bonds is 6. The molecular weight excluding hydrogens is 383 g/mol. The Bertz CT molecular complexity index is 770. The van der Waals surface area contributed by atoms with Crippen molar-refractivity contribution in [3.63, 3.8) is 0 Å². The topological polar surface area (TPSA) is 61.8 Å². The van der Waals surface area contributed by atoms with Crippen molar-refractivity contribution in [2.75, 3.05) is 32.9 Å². The molecule has 2 N–H and O–H groups in total. The highest BCUT2D eigenvalue weighted by atomic mass is 35.5. The number of benzene rings is 1. The largest absolute Gasteiger partial charge is 0.394 e. The van der Waals surface area contributed by atoms with Crippen LogP contribution in [-0.4, -0.2) is 61.0 Å². The third-order valence-corrected chi connectivity index (χ3v) is 5.02. The molecule has 1 aromatic carbocycles. The molecule has 1 aliphatic heterocycles. The van der Waals surface area contributed by atoms with Crippen LogP contribution in [0.3, 0.4) is 0 Å². The molecule has 1 aliphatic carbocycles. The minimum Gasteiger partial charge on any atom is -0.394 e. The first-order valence-electron chi connectivity index (χ1n) is 9.30. The van der Waals surface area contributed by atoms with Gasteiger partial charge in [-0.1, -0.05) is 29.8 Å². The summed E-state index contributed by atoms with van der Waals surface area (Å²) in [4.78, 5) is 14.2. The summed E-state index contributed by atoms with van der Waals surface area (Å²) < 4.78 is 19.7. The third kappa shape index (κ3) is 5.44. The predicted octanol–water partition coefficient (Wildman–Crippen LogP) is 2.71. The Hall–Kier alpha value is -2.15. The molecule has 0 radical (unpaired) electrons. The number of nitrogens with zero attached hydrogens (tertiary/aromatic N) is 1. The number of morpholine rings is 1. The number of hydrogen-bond donors (Lipinski definition) is 2. The number of alkyl halides is 1. The van der Waals surface area contributed by atoms with Crippen LogP contribution in [0.15, 0.2) is 53.8 Å². The Morgan fingerprint density at radius 1 is 1.36 bits per heavy atom. The van der Waals surface area contributed by atoms with Crippen LogP contribution in [0.4, 0.5) is 4.39 Å². The lowest BCUT2D eigenvalue weighted by Crippen LogP contribution is -2.41. The number of carbonyl (C=O) groups is 1. The van der Waals surface area contributed by atoms with Crippen molar-refractivity contribution >= 4 is 23.6 Å². The maximum absolute atomic E-state index is 14.4. The van der Waals surface area contributed by atoms with E-state index in [0.717, 1.165) is 5.56 Å². The van der Waals surface area contributed by atoms with Crippen molar-refractivity contribution in [3.05, 3.63) is 64.3 Å². The average molecular weight is 407 g/mol. The van der Waals surface area contributed by atoms with Crippen molar-refractivity contribution in [3.8, 4) is 0 Å². The first-order chi connectivity index (χ1) is 13.6. The molecule has 1 aromatic rings. The van der Waals surface area contributed by atoms with Gasteiger partial charge in [0.05, 0.1) is 25.9 Å². The molecule has 150 valence electrons. The van der Waals surface area contributed by atoms with Gasteiger partial charge in [0.15, 0.2) is 0 Å². The highest BCUT2D eigenvalue weighted by Crippen LogP contribution is 2.26. The van der Waals surface area contributed by atoms with Crippen molar-refractivity contribution in [1.29, 1.82) is 0 Å². The number of hydrogen-bond acceptors (Lipinski definition) is 4. The quantitative estimate of drug-likeness (QED) is 0.713. The van der Waals surface area contributed by atoms with Crippen LogP contribution in [-0.2, 0) is 9.53 Å². The smallest absolute Gasteiger partial charge is 0.244 e. The van der Waals surface area contributed by atoms with E-state index in [2.05, 4.69) is 5.32 Å². The van der Waals surface area contributed by atoms with E-state index in [1.807, 2.05) is 4.90 Å². The van der Waals surface area contributed by atoms with Gasteiger partial charge in [-0.25, -0.2) is 4.39 Å². The molecule has 1 heterocycles. The van der Waals surface area contributed by atoms with E-state index in [-0.39, 0.29) is 18.9 Å². The lowest BCUT2D eigenvalue weighted by atomic mass is 9.96. The summed E-state index contributed by atoms with van der Waals surface area (Å²) in [5, 5.41) is 13.2. The predicted molar refractivity (Wildman–Crippen MR) is 108 cm³/mol. The van der Waals surface area contributed by atoms with Gasteiger partial charge in [-0.15, -0.1) is 0 Å². The molecular formula is C21H24ClFN2O3. The van der Waals surface area contributed by atoms with Gasteiger partial charge in [0.2, 0.25) is 5.91 Å². The molecule has 7 heteroatoms. The zero-order valence-electron chi connectivity index (χ0n) is 15.5. The van der Waals surface area contributed by atoms with Crippen LogP contribution in [0.25, 0.3) is 6.08 Å². The van der Waals surface area contributed by atoms with Gasteiger partial charge >= 0.3 is 0 Å². The van der Waals surface area contributed by atoms with E-state index in [0.29, 0.717) is 42.6 Å². The Morgan fingerprint density at radius 2 is 2.07 bits per heavy atom. The number of aliphatic hydroxyl groups excluding tert-OH is 1. The zero-order valence-corrected chi connectivity index (χ0v) is 16.2. The fraction of sp³-hybridized carbons (Fsp3) is 0.381. The number of carbonyl (C=O) groups excluding carboxylic acids is 1. The normalized spacial score (nSPS) is 21.2. The van der Waals surface area contributed by atoms with Gasteiger partial charge in [0.25, 0.3) is 0 Å². The number of aliphatic hydroxyl groups is 1. The Labute approximate surface area is 169 Å². The van der Waals surface area contributed by atoms with Gasteiger partial charge in [-0.05, 0) is 35.4 Å². The monoisotopic (exact) mass is 406 g/mol. The highest BCUT2D eigenvalue weighted by Gasteiger charge is 2.26. The summed E-state index contributed by atoms with van der Waals surface area (Å²) in [6, 6.07) is 6.50. The summed E-state index contributed by atoms with van der Waals surface area (Å²) in [7, 11) is 0. The number of halogens is 2. The number of amides is 1. The van der Waals surface area contributed by atoms with E-state index in [1.165, 1.54) is 6.08 Å². The van der Waals surface area contributed by atoms with E-state index in [1.54, 1.807) is 42.5 Å². The van der Waals surface area contributed by atoms with Gasteiger partial charge in [0.1, 0.15) is 6.17 Å². The van der Waals surface area contributed by atoms with E-state index in [4.69, 9.17) is 16.3 Å². The fourth-order valence-corrected chi connectivity index (χ4v) is 3.36. The van der Waals surface area contributed by atoms with Crippen molar-refractivity contribution in [2.24, 2.45) is 0 Å². The number of allylic oxidation sites excluding steroid dienone is 2. The fourth-order valence-electron chi connectivity index (χ4n) is 3.23. The first-order valence-corrected chi connectivity index (χ1v) is 9.68. The molecule has 5 nitrogen and oxygen atoms in total. The van der Waals surface area contributed by atoms with Crippen LogP contribution >= 0.6 is 11.6 Å². The Balaban J connectivity index is 1.65. The van der Waals surface area contributed by atoms with Gasteiger partial charge in [-0.2, -0.15) is 0 Å². The molecule has 0 bridgehead atoms. The van der Waals surface area contributed by atoms with Crippen LogP contribution in [0.1, 0.15) is 12.0 Å². The summed E-state index contributed by atoms with van der Waals surface area (Å²) in [5.74, 6) is -0.335. The van der Waals surface area contributed by atoms with Crippen LogP contribution in [0, 0.1) is 0 Å². The lowest BCUT2D eigenvalue weighted by molar-refractivity contribution is -0.117. The van der Waals surface area contributed by atoms with Crippen LogP contribution < -0.4 is 5.32 Å². The molecule has 1 amide bonds. The van der Waals surface area contributed by atoms with E-state index >= 15 is 0 Å². The molecule has 0 spiro atoms. The summed E-state index contributed by atoms with van der Waals surface area (Å²) in [5.41, 5.74) is 2.14. The Kier molecular flexibility index (Phi) is 7.25. The average Bonchev–Trinajstić information content (AvgIpc) is 2.73. The third-order valence-electron chi connectivity index (χ3n) is 4.77. The van der Waals surface area contributed by atoms with Crippen molar-refractivity contribution < 1.29 is 19.0 Å². The lowest BCUT2D eigenvalue weighted by Gasteiger charge is -2.34. The maximum Gasteiger partial charge on any atom is 0.244 e. The molecule has 1 unspecified atom stereocenters. The van der Waals surface area contributed by atoms with E-state index in [9.17, 15) is 14.3 Å². The summed E-state index contributed by atoms with van der Waals surface area (Å²) in [6.45, 7) is 2.15. The molecule has 2 atom stereocenters. The molecule has 3 rings (SSSR count). The standard InChI is InChI=1S/C21H24ClFN2O3/c22-17-5-1-15(2-6-17)3-8-21(27)24-19(14-26)16-4-7-18(23)20(13-16)25-9-11-28-12-10-25/h1-6,8,13,18-19,26H,7,9-12,14H2,(H,24,27)/b8-3+/t18?,19-/m0/s1. The van der Waals surface area contributed by atoms with Gasteiger partial charge in [-0.3, -0.25) is 4.79 Å². The van der Waals surface area contributed by atoms with Gasteiger partial charge in [0, 0.05) is 36.3 Å². The van der Waals surface area contributed by atoms with Crippen LogP contribution in [0.2, 0.25) is 5.02 Å². The minimum atomic E-state index is -1.08. The minimum absolute atomic E-state index is 0.228.